The molecule has 2 aliphatic heterocycles. The number of carbonyl (C=O) groups is 2. The van der Waals surface area contributed by atoms with Gasteiger partial charge in [-0.3, -0.25) is 9.59 Å². The molecule has 0 N–H and O–H groups in total. The average molecular weight is 380 g/mol. The van der Waals surface area contributed by atoms with Gasteiger partial charge in [0, 0.05) is 50.5 Å². The van der Waals surface area contributed by atoms with Gasteiger partial charge in [0.15, 0.2) is 0 Å². The summed E-state index contributed by atoms with van der Waals surface area (Å²) in [6, 6.07) is 13.4. The van der Waals surface area contributed by atoms with Gasteiger partial charge in [0.1, 0.15) is 5.69 Å². The van der Waals surface area contributed by atoms with E-state index in [4.69, 9.17) is 0 Å². The maximum atomic E-state index is 13.1. The van der Waals surface area contributed by atoms with Crippen LogP contribution in [0.2, 0.25) is 0 Å². The second-order valence-corrected chi connectivity index (χ2v) is 7.53. The lowest BCUT2D eigenvalue weighted by Gasteiger charge is -2.34. The molecule has 28 heavy (non-hydrogen) atoms. The summed E-state index contributed by atoms with van der Waals surface area (Å²) in [5.74, 6) is 0.170. The molecule has 148 valence electrons. The van der Waals surface area contributed by atoms with Gasteiger partial charge >= 0.3 is 0 Å². The van der Waals surface area contributed by atoms with E-state index in [9.17, 15) is 9.59 Å². The number of likely N-dealkylation sites (N-methyl/N-ethyl adjacent to an activating group) is 1. The molecule has 3 heterocycles. The first-order valence-electron chi connectivity index (χ1n) is 10.2. The zero-order chi connectivity index (χ0) is 19.5. The Balaban J connectivity index is 1.49. The van der Waals surface area contributed by atoms with E-state index in [2.05, 4.69) is 16.4 Å². The van der Waals surface area contributed by atoms with Gasteiger partial charge in [0.05, 0.1) is 6.54 Å². The molecule has 1 saturated heterocycles. The second kappa shape index (κ2) is 8.19. The fourth-order valence-electron chi connectivity index (χ4n) is 4.16. The van der Waals surface area contributed by atoms with Crippen LogP contribution in [0.15, 0.2) is 42.5 Å². The van der Waals surface area contributed by atoms with Gasteiger partial charge in [-0.25, -0.2) is 0 Å². The van der Waals surface area contributed by atoms with Gasteiger partial charge in [-0.15, -0.1) is 0 Å². The number of nitrogens with zero attached hydrogens (tertiary/aromatic N) is 4. The lowest BCUT2D eigenvalue weighted by atomic mass is 10.2. The predicted octanol–water partition coefficient (Wildman–Crippen LogP) is 2.31. The van der Waals surface area contributed by atoms with Crippen LogP contribution in [0.1, 0.15) is 39.9 Å². The first-order valence-corrected chi connectivity index (χ1v) is 10.2. The Morgan fingerprint density at radius 3 is 2.29 bits per heavy atom. The van der Waals surface area contributed by atoms with Gasteiger partial charge < -0.3 is 19.3 Å². The van der Waals surface area contributed by atoms with Crippen molar-refractivity contribution >= 4 is 11.8 Å². The lowest BCUT2D eigenvalue weighted by molar-refractivity contribution is 0.0632. The SMILES string of the molecule is CCN1CCN(C(=O)c2ccc3n2CCCN(C(=O)c2ccccc2)C3)CC1. The summed E-state index contributed by atoms with van der Waals surface area (Å²) in [6.07, 6.45) is 0.851. The smallest absolute Gasteiger partial charge is 0.270 e. The number of piperazine rings is 1. The number of carbonyl (C=O) groups excluding carboxylic acids is 2. The normalized spacial score (nSPS) is 17.9. The summed E-state index contributed by atoms with van der Waals surface area (Å²) in [5.41, 5.74) is 2.51. The summed E-state index contributed by atoms with van der Waals surface area (Å²) in [7, 11) is 0. The van der Waals surface area contributed by atoms with E-state index in [1.54, 1.807) is 0 Å². The minimum atomic E-state index is 0.0545. The minimum Gasteiger partial charge on any atom is -0.339 e. The summed E-state index contributed by atoms with van der Waals surface area (Å²) in [4.78, 5) is 32.2. The Bertz CT molecular complexity index is 837. The zero-order valence-corrected chi connectivity index (χ0v) is 16.5. The van der Waals surface area contributed by atoms with Crippen LogP contribution in [-0.2, 0) is 13.1 Å². The van der Waals surface area contributed by atoms with Crippen molar-refractivity contribution in [3.8, 4) is 0 Å². The van der Waals surface area contributed by atoms with Crippen LogP contribution in [0.25, 0.3) is 0 Å². The van der Waals surface area contributed by atoms with Crippen LogP contribution >= 0.6 is 0 Å². The molecular weight excluding hydrogens is 352 g/mol. The molecule has 0 aliphatic carbocycles. The van der Waals surface area contributed by atoms with Crippen molar-refractivity contribution in [3.05, 3.63) is 59.4 Å². The van der Waals surface area contributed by atoms with Crippen LogP contribution in [-0.4, -0.2) is 70.3 Å². The van der Waals surface area contributed by atoms with Gasteiger partial charge in [0.25, 0.3) is 11.8 Å². The lowest BCUT2D eigenvalue weighted by Crippen LogP contribution is -2.48. The fraction of sp³-hybridized carbons (Fsp3) is 0.455. The Morgan fingerprint density at radius 1 is 0.821 bits per heavy atom. The molecule has 6 nitrogen and oxygen atoms in total. The van der Waals surface area contributed by atoms with E-state index in [1.807, 2.05) is 52.3 Å². The summed E-state index contributed by atoms with van der Waals surface area (Å²) < 4.78 is 2.12. The number of aromatic nitrogens is 1. The molecule has 0 atom stereocenters. The van der Waals surface area contributed by atoms with E-state index < -0.39 is 0 Å². The molecule has 2 aliphatic rings. The van der Waals surface area contributed by atoms with Crippen molar-refractivity contribution in [2.24, 2.45) is 0 Å². The van der Waals surface area contributed by atoms with Crippen molar-refractivity contribution in [1.29, 1.82) is 0 Å². The third-order valence-electron chi connectivity index (χ3n) is 5.87. The van der Waals surface area contributed by atoms with E-state index in [0.29, 0.717) is 18.7 Å². The maximum absolute atomic E-state index is 13.1. The molecule has 4 rings (SSSR count). The molecule has 6 heteroatoms. The van der Waals surface area contributed by atoms with Gasteiger partial charge in [-0.1, -0.05) is 25.1 Å². The Morgan fingerprint density at radius 2 is 1.57 bits per heavy atom. The Hall–Kier alpha value is -2.60. The number of rotatable bonds is 3. The molecule has 0 radical (unpaired) electrons. The van der Waals surface area contributed by atoms with E-state index in [0.717, 1.165) is 57.1 Å². The number of hydrogen-bond acceptors (Lipinski definition) is 3. The maximum Gasteiger partial charge on any atom is 0.270 e. The highest BCUT2D eigenvalue weighted by Crippen LogP contribution is 2.20. The topological polar surface area (TPSA) is 48.8 Å². The van der Waals surface area contributed by atoms with Crippen molar-refractivity contribution in [1.82, 2.24) is 19.3 Å². The van der Waals surface area contributed by atoms with Crippen molar-refractivity contribution < 1.29 is 9.59 Å². The van der Waals surface area contributed by atoms with Crippen LogP contribution in [0.3, 0.4) is 0 Å². The van der Waals surface area contributed by atoms with Gasteiger partial charge in [-0.05, 0) is 37.2 Å². The molecule has 2 amide bonds. The quantitative estimate of drug-likeness (QED) is 0.821. The van der Waals surface area contributed by atoms with Gasteiger partial charge in [0.2, 0.25) is 0 Å². The van der Waals surface area contributed by atoms with E-state index in [-0.39, 0.29) is 11.8 Å². The highest BCUT2D eigenvalue weighted by atomic mass is 16.2. The number of benzene rings is 1. The molecule has 0 spiro atoms. The summed E-state index contributed by atoms with van der Waals surface area (Å²) in [6.45, 7) is 8.67. The highest BCUT2D eigenvalue weighted by molar-refractivity contribution is 5.94. The Kier molecular flexibility index (Phi) is 5.48. The average Bonchev–Trinajstić information content (AvgIpc) is 3.03. The molecular formula is C22H28N4O2. The Labute approximate surface area is 166 Å². The summed E-state index contributed by atoms with van der Waals surface area (Å²) in [5, 5.41) is 0. The van der Waals surface area contributed by atoms with Crippen LogP contribution in [0.5, 0.6) is 0 Å². The number of amides is 2. The number of hydrogen-bond donors (Lipinski definition) is 0. The van der Waals surface area contributed by atoms with Crippen molar-refractivity contribution in [2.75, 3.05) is 39.3 Å². The minimum absolute atomic E-state index is 0.0545. The molecule has 2 aromatic rings. The monoisotopic (exact) mass is 380 g/mol. The molecule has 1 aromatic heterocycles. The van der Waals surface area contributed by atoms with Crippen LogP contribution in [0, 0.1) is 0 Å². The first-order chi connectivity index (χ1) is 13.7. The highest BCUT2D eigenvalue weighted by Gasteiger charge is 2.27. The van der Waals surface area contributed by atoms with Crippen molar-refractivity contribution in [2.45, 2.75) is 26.4 Å². The second-order valence-electron chi connectivity index (χ2n) is 7.53. The van der Waals surface area contributed by atoms with E-state index >= 15 is 0 Å². The summed E-state index contributed by atoms with van der Waals surface area (Å²) >= 11 is 0. The molecule has 1 aromatic carbocycles. The third kappa shape index (κ3) is 3.69. The van der Waals surface area contributed by atoms with Crippen LogP contribution < -0.4 is 0 Å². The van der Waals surface area contributed by atoms with Crippen LogP contribution in [0.4, 0.5) is 0 Å². The third-order valence-corrected chi connectivity index (χ3v) is 5.87. The number of fused-ring (bicyclic) bond motifs is 1. The first kappa shape index (κ1) is 18.7. The molecule has 0 unspecified atom stereocenters. The predicted molar refractivity (Wildman–Crippen MR) is 108 cm³/mol. The van der Waals surface area contributed by atoms with E-state index in [1.165, 1.54) is 0 Å². The molecule has 0 bridgehead atoms. The standard InChI is InChI=1S/C22H28N4O2/c1-2-23-13-15-24(16-14-23)22(28)20-10-9-19-17-25(11-6-12-26(19)20)21(27)18-7-4-3-5-8-18/h3-5,7-10H,2,6,11-17H2,1H3. The van der Waals surface area contributed by atoms with Gasteiger partial charge in [-0.2, -0.15) is 0 Å². The fourth-order valence-corrected chi connectivity index (χ4v) is 4.16. The molecule has 1 fully saturated rings. The zero-order valence-electron chi connectivity index (χ0n) is 16.5. The van der Waals surface area contributed by atoms with Crippen molar-refractivity contribution in [3.63, 3.8) is 0 Å². The largest absolute Gasteiger partial charge is 0.339 e. The molecule has 0 saturated carbocycles.